The van der Waals surface area contributed by atoms with E-state index in [1.54, 1.807) is 16.5 Å². The lowest BCUT2D eigenvalue weighted by Crippen LogP contribution is -2.31. The molecule has 0 N–H and O–H groups in total. The number of carbonyl (C=O) groups excluding carboxylic acids is 2. The Labute approximate surface area is 128 Å². The van der Waals surface area contributed by atoms with Crippen molar-refractivity contribution >= 4 is 17.7 Å². The predicted molar refractivity (Wildman–Crippen MR) is 80.5 cm³/mol. The molecule has 6 heteroatoms. The first-order valence-corrected chi connectivity index (χ1v) is 7.21. The van der Waals surface area contributed by atoms with Crippen molar-refractivity contribution in [1.29, 1.82) is 0 Å². The largest absolute Gasteiger partial charge is 0.462 e. The summed E-state index contributed by atoms with van der Waals surface area (Å²) in [5.74, 6) is -0.0674. The monoisotopic (exact) mass is 299 g/mol. The zero-order valence-corrected chi connectivity index (χ0v) is 12.5. The molecule has 6 nitrogen and oxygen atoms in total. The third-order valence-corrected chi connectivity index (χ3v) is 3.72. The molecule has 3 rings (SSSR count). The van der Waals surface area contributed by atoms with E-state index in [-0.39, 0.29) is 18.6 Å². The highest BCUT2D eigenvalue weighted by atomic mass is 16.5. The average Bonchev–Trinajstić information content (AvgIpc) is 3.06. The molecule has 2 heterocycles. The SMILES string of the molecule is CCOC(=O)c1cnn2c1N(C(C)=O)C(c1ccccc1)C2. The zero-order valence-electron chi connectivity index (χ0n) is 12.5. The summed E-state index contributed by atoms with van der Waals surface area (Å²) in [5.41, 5.74) is 1.34. The lowest BCUT2D eigenvalue weighted by atomic mass is 10.1. The van der Waals surface area contributed by atoms with Gasteiger partial charge in [-0.25, -0.2) is 9.48 Å². The standard InChI is InChI=1S/C16H17N3O3/c1-3-22-16(21)13-9-17-18-10-14(12-7-5-4-6-8-12)19(11(2)20)15(13)18/h4-9,14H,3,10H2,1-2H3. The minimum absolute atomic E-state index is 0.126. The van der Waals surface area contributed by atoms with Crippen molar-refractivity contribution in [3.63, 3.8) is 0 Å². The number of hydrogen-bond acceptors (Lipinski definition) is 4. The second-order valence-electron chi connectivity index (χ2n) is 5.10. The first-order valence-electron chi connectivity index (χ1n) is 7.21. The number of fused-ring (bicyclic) bond motifs is 1. The molecule has 1 atom stereocenters. The highest BCUT2D eigenvalue weighted by Gasteiger charge is 2.38. The molecule has 0 spiro atoms. The van der Waals surface area contributed by atoms with E-state index in [4.69, 9.17) is 4.74 Å². The van der Waals surface area contributed by atoms with E-state index in [0.717, 1.165) is 5.56 Å². The summed E-state index contributed by atoms with van der Waals surface area (Å²) in [4.78, 5) is 25.8. The van der Waals surface area contributed by atoms with Crippen molar-refractivity contribution in [3.05, 3.63) is 47.7 Å². The van der Waals surface area contributed by atoms with Crippen LogP contribution in [-0.2, 0) is 16.1 Å². The summed E-state index contributed by atoms with van der Waals surface area (Å²) in [6, 6.07) is 9.57. The Balaban J connectivity index is 2.03. The highest BCUT2D eigenvalue weighted by Crippen LogP contribution is 2.38. The predicted octanol–water partition coefficient (Wildman–Crippen LogP) is 2.17. The van der Waals surface area contributed by atoms with Gasteiger partial charge in [0.1, 0.15) is 11.4 Å². The molecule has 0 fully saturated rings. The topological polar surface area (TPSA) is 64.4 Å². The first kappa shape index (κ1) is 14.3. The fraction of sp³-hybridized carbons (Fsp3) is 0.312. The van der Waals surface area contributed by atoms with Crippen molar-refractivity contribution in [1.82, 2.24) is 9.78 Å². The molecule has 0 radical (unpaired) electrons. The Morgan fingerprint density at radius 2 is 2.05 bits per heavy atom. The molecule has 1 aliphatic heterocycles. The molecule has 1 aliphatic rings. The van der Waals surface area contributed by atoms with Gasteiger partial charge in [0.05, 0.1) is 25.4 Å². The van der Waals surface area contributed by atoms with Crippen LogP contribution in [0.2, 0.25) is 0 Å². The van der Waals surface area contributed by atoms with Crippen LogP contribution in [0.1, 0.15) is 35.8 Å². The fourth-order valence-electron chi connectivity index (χ4n) is 2.81. The van der Waals surface area contributed by atoms with Gasteiger partial charge < -0.3 is 4.74 Å². The second kappa shape index (κ2) is 5.63. The number of rotatable bonds is 3. The number of ether oxygens (including phenoxy) is 1. The number of carbonyl (C=O) groups is 2. The molecular formula is C16H17N3O3. The van der Waals surface area contributed by atoms with Gasteiger partial charge >= 0.3 is 5.97 Å². The van der Waals surface area contributed by atoms with Crippen molar-refractivity contribution in [2.45, 2.75) is 26.4 Å². The van der Waals surface area contributed by atoms with Gasteiger partial charge in [-0.15, -0.1) is 0 Å². The van der Waals surface area contributed by atoms with Gasteiger partial charge in [-0.2, -0.15) is 5.10 Å². The Morgan fingerprint density at radius 3 is 2.68 bits per heavy atom. The lowest BCUT2D eigenvalue weighted by molar-refractivity contribution is -0.116. The van der Waals surface area contributed by atoms with Crippen LogP contribution < -0.4 is 4.90 Å². The van der Waals surface area contributed by atoms with Crippen LogP contribution in [-0.4, -0.2) is 28.3 Å². The minimum Gasteiger partial charge on any atom is -0.462 e. The van der Waals surface area contributed by atoms with Crippen LogP contribution >= 0.6 is 0 Å². The van der Waals surface area contributed by atoms with E-state index in [2.05, 4.69) is 5.10 Å². The van der Waals surface area contributed by atoms with Crippen LogP contribution in [0.25, 0.3) is 0 Å². The minimum atomic E-state index is -0.455. The molecule has 0 saturated carbocycles. The Bertz CT molecular complexity index is 709. The molecule has 0 aliphatic carbocycles. The lowest BCUT2D eigenvalue weighted by Gasteiger charge is -2.23. The number of aromatic nitrogens is 2. The molecule has 1 aromatic heterocycles. The zero-order chi connectivity index (χ0) is 15.7. The molecule has 0 saturated heterocycles. The maximum absolute atomic E-state index is 12.2. The quantitative estimate of drug-likeness (QED) is 0.815. The summed E-state index contributed by atoms with van der Waals surface area (Å²) in [5, 5.41) is 4.23. The number of amides is 1. The van der Waals surface area contributed by atoms with Gasteiger partial charge in [0.2, 0.25) is 5.91 Å². The van der Waals surface area contributed by atoms with Gasteiger partial charge in [0.15, 0.2) is 0 Å². The van der Waals surface area contributed by atoms with E-state index in [1.807, 2.05) is 30.3 Å². The number of nitrogens with zero attached hydrogens (tertiary/aromatic N) is 3. The normalized spacial score (nSPS) is 16.5. The molecule has 1 aromatic carbocycles. The smallest absolute Gasteiger partial charge is 0.343 e. The van der Waals surface area contributed by atoms with Crippen LogP contribution in [0.4, 0.5) is 5.82 Å². The molecule has 1 unspecified atom stereocenters. The van der Waals surface area contributed by atoms with E-state index in [1.165, 1.54) is 13.1 Å². The fourth-order valence-corrected chi connectivity index (χ4v) is 2.81. The Hall–Kier alpha value is -2.63. The molecule has 2 aromatic rings. The summed E-state index contributed by atoms with van der Waals surface area (Å²) in [6.45, 7) is 4.05. The van der Waals surface area contributed by atoms with Crippen LogP contribution in [0, 0.1) is 0 Å². The van der Waals surface area contributed by atoms with Crippen LogP contribution in [0.3, 0.4) is 0 Å². The first-order chi connectivity index (χ1) is 10.6. The van der Waals surface area contributed by atoms with Gasteiger partial charge in [-0.05, 0) is 12.5 Å². The summed E-state index contributed by atoms with van der Waals surface area (Å²) < 4.78 is 6.74. The Kier molecular flexibility index (Phi) is 3.66. The summed E-state index contributed by atoms with van der Waals surface area (Å²) in [6.07, 6.45) is 1.46. The van der Waals surface area contributed by atoms with Gasteiger partial charge in [-0.1, -0.05) is 30.3 Å². The van der Waals surface area contributed by atoms with Crippen molar-refractivity contribution < 1.29 is 14.3 Å². The number of hydrogen-bond donors (Lipinski definition) is 0. The highest BCUT2D eigenvalue weighted by molar-refractivity contribution is 6.01. The van der Waals surface area contributed by atoms with Crippen molar-refractivity contribution in [2.75, 3.05) is 11.5 Å². The maximum atomic E-state index is 12.2. The number of benzene rings is 1. The van der Waals surface area contributed by atoms with Crippen molar-refractivity contribution in [2.24, 2.45) is 0 Å². The van der Waals surface area contributed by atoms with E-state index in [0.29, 0.717) is 17.9 Å². The molecular weight excluding hydrogens is 282 g/mol. The number of esters is 1. The Morgan fingerprint density at radius 1 is 1.32 bits per heavy atom. The van der Waals surface area contributed by atoms with Crippen LogP contribution in [0.15, 0.2) is 36.5 Å². The third-order valence-electron chi connectivity index (χ3n) is 3.72. The van der Waals surface area contributed by atoms with E-state index < -0.39 is 5.97 Å². The number of anilines is 1. The summed E-state index contributed by atoms with van der Waals surface area (Å²) in [7, 11) is 0. The maximum Gasteiger partial charge on any atom is 0.343 e. The van der Waals surface area contributed by atoms with Gasteiger partial charge in [-0.3, -0.25) is 9.69 Å². The van der Waals surface area contributed by atoms with E-state index >= 15 is 0 Å². The third kappa shape index (κ3) is 2.26. The van der Waals surface area contributed by atoms with E-state index in [9.17, 15) is 9.59 Å². The van der Waals surface area contributed by atoms with Gasteiger partial charge in [0, 0.05) is 6.92 Å². The van der Waals surface area contributed by atoms with Crippen LogP contribution in [0.5, 0.6) is 0 Å². The molecule has 114 valence electrons. The molecule has 1 amide bonds. The molecule has 0 bridgehead atoms. The second-order valence-corrected chi connectivity index (χ2v) is 5.10. The van der Waals surface area contributed by atoms with Crippen molar-refractivity contribution in [3.8, 4) is 0 Å². The van der Waals surface area contributed by atoms with Gasteiger partial charge in [0.25, 0.3) is 0 Å². The molecule has 22 heavy (non-hydrogen) atoms. The average molecular weight is 299 g/mol. The summed E-state index contributed by atoms with van der Waals surface area (Å²) >= 11 is 0.